The van der Waals surface area contributed by atoms with Crippen molar-refractivity contribution < 1.29 is 18.8 Å². The summed E-state index contributed by atoms with van der Waals surface area (Å²) in [6.45, 7) is 4.99. The first kappa shape index (κ1) is 27.9. The summed E-state index contributed by atoms with van der Waals surface area (Å²) in [7, 11) is 4.48. The van der Waals surface area contributed by atoms with E-state index in [1.54, 1.807) is 0 Å². The number of unbranched alkanes of at least 4 members (excludes halogenated alkanes) is 6. The second-order valence-electron chi connectivity index (χ2n) is 9.99. The molecule has 2 aromatic rings. The zero-order chi connectivity index (χ0) is 24.5. The van der Waals surface area contributed by atoms with E-state index < -0.39 is 0 Å². The van der Waals surface area contributed by atoms with Gasteiger partial charge < -0.3 is 14.0 Å². The number of benzene rings is 2. The highest BCUT2D eigenvalue weighted by molar-refractivity contribution is 5.69. The van der Waals surface area contributed by atoms with E-state index in [1.807, 2.05) is 12.1 Å². The maximum Gasteiger partial charge on any atom is 0.305 e. The first-order valence-corrected chi connectivity index (χ1v) is 13.2. The van der Waals surface area contributed by atoms with Crippen LogP contribution >= 0.6 is 0 Å². The fourth-order valence-corrected chi connectivity index (χ4v) is 4.25. The van der Waals surface area contributed by atoms with Crippen molar-refractivity contribution in [3.05, 3.63) is 65.7 Å². The quantitative estimate of drug-likeness (QED) is 0.135. The SMILES string of the molecule is CCCCCCCCc1cccc(OCCOC(=O)CCCC[N+](C)(C)Cc2ccccc2)c1. The van der Waals surface area contributed by atoms with E-state index in [4.69, 9.17) is 9.47 Å². The molecule has 0 saturated heterocycles. The number of carbonyl (C=O) groups excluding carboxylic acids is 1. The second kappa shape index (κ2) is 16.3. The average Bonchev–Trinajstić information content (AvgIpc) is 2.82. The lowest BCUT2D eigenvalue weighted by Crippen LogP contribution is -2.39. The highest BCUT2D eigenvalue weighted by Gasteiger charge is 2.15. The number of aryl methyl sites for hydroxylation is 1. The largest absolute Gasteiger partial charge is 0.490 e. The van der Waals surface area contributed by atoms with Crippen molar-refractivity contribution in [3.8, 4) is 5.75 Å². The van der Waals surface area contributed by atoms with E-state index in [9.17, 15) is 4.79 Å². The first-order chi connectivity index (χ1) is 16.5. The molecular weight excluding hydrogens is 422 g/mol. The van der Waals surface area contributed by atoms with Gasteiger partial charge in [-0.05, 0) is 43.4 Å². The number of quaternary nitrogens is 1. The van der Waals surface area contributed by atoms with Crippen LogP contribution in [0.1, 0.15) is 75.8 Å². The van der Waals surface area contributed by atoms with Crippen molar-refractivity contribution in [1.82, 2.24) is 0 Å². The topological polar surface area (TPSA) is 35.5 Å². The molecule has 0 amide bonds. The predicted octanol–water partition coefficient (Wildman–Crippen LogP) is 6.96. The Morgan fingerprint density at radius 1 is 0.794 bits per heavy atom. The molecule has 2 aromatic carbocycles. The Hall–Kier alpha value is -2.33. The van der Waals surface area contributed by atoms with Crippen molar-refractivity contribution in [2.45, 2.75) is 77.7 Å². The number of carbonyl (C=O) groups is 1. The summed E-state index contributed by atoms with van der Waals surface area (Å²) >= 11 is 0. The third kappa shape index (κ3) is 12.8. The van der Waals surface area contributed by atoms with Crippen LogP contribution in [0, 0.1) is 0 Å². The van der Waals surface area contributed by atoms with Crippen molar-refractivity contribution in [3.63, 3.8) is 0 Å². The molecule has 2 rings (SSSR count). The summed E-state index contributed by atoms with van der Waals surface area (Å²) < 4.78 is 12.1. The molecule has 34 heavy (non-hydrogen) atoms. The maximum absolute atomic E-state index is 12.1. The molecule has 0 radical (unpaired) electrons. The van der Waals surface area contributed by atoms with Gasteiger partial charge in [0, 0.05) is 12.0 Å². The molecule has 0 spiro atoms. The molecule has 4 nitrogen and oxygen atoms in total. The van der Waals surface area contributed by atoms with Gasteiger partial charge in [-0.1, -0.05) is 81.5 Å². The molecular formula is C30H46NO3+. The minimum atomic E-state index is -0.131. The summed E-state index contributed by atoms with van der Waals surface area (Å²) in [5, 5.41) is 0. The lowest BCUT2D eigenvalue weighted by atomic mass is 10.0. The van der Waals surface area contributed by atoms with Gasteiger partial charge in [-0.3, -0.25) is 4.79 Å². The maximum atomic E-state index is 12.1. The molecule has 188 valence electrons. The molecule has 4 heteroatoms. The van der Waals surface area contributed by atoms with Gasteiger partial charge in [-0.15, -0.1) is 0 Å². The third-order valence-electron chi connectivity index (χ3n) is 6.18. The summed E-state index contributed by atoms with van der Waals surface area (Å²) in [6, 6.07) is 18.9. The number of nitrogens with zero attached hydrogens (tertiary/aromatic N) is 1. The Balaban J connectivity index is 1.53. The van der Waals surface area contributed by atoms with Crippen molar-refractivity contribution in [2.75, 3.05) is 33.9 Å². The second-order valence-corrected chi connectivity index (χ2v) is 9.99. The van der Waals surface area contributed by atoms with Crippen LogP contribution in [0.4, 0.5) is 0 Å². The fraction of sp³-hybridized carbons (Fsp3) is 0.567. The molecule has 0 atom stereocenters. The Bertz CT molecular complexity index is 804. The summed E-state index contributed by atoms with van der Waals surface area (Å²) in [5.74, 6) is 0.728. The average molecular weight is 469 g/mol. The molecule has 0 saturated carbocycles. The summed E-state index contributed by atoms with van der Waals surface area (Å²) in [5.41, 5.74) is 2.67. The molecule has 0 aliphatic rings. The van der Waals surface area contributed by atoms with Crippen LogP contribution in [-0.4, -0.2) is 44.3 Å². The zero-order valence-corrected chi connectivity index (χ0v) is 21.8. The molecule has 0 aromatic heterocycles. The summed E-state index contributed by atoms with van der Waals surface area (Å²) in [6.07, 6.45) is 11.3. The molecule has 0 fully saturated rings. The Morgan fingerprint density at radius 2 is 1.53 bits per heavy atom. The van der Waals surface area contributed by atoms with Gasteiger partial charge in [0.15, 0.2) is 0 Å². The van der Waals surface area contributed by atoms with Crippen LogP contribution in [0.15, 0.2) is 54.6 Å². The minimum Gasteiger partial charge on any atom is -0.490 e. The Kier molecular flexibility index (Phi) is 13.4. The molecule has 0 N–H and O–H groups in total. The van der Waals surface area contributed by atoms with Crippen LogP contribution in [0.3, 0.4) is 0 Å². The number of rotatable bonds is 18. The van der Waals surface area contributed by atoms with Gasteiger partial charge >= 0.3 is 5.97 Å². The number of hydrogen-bond donors (Lipinski definition) is 0. The van der Waals surface area contributed by atoms with Crippen molar-refractivity contribution in [2.24, 2.45) is 0 Å². The molecule has 0 unspecified atom stereocenters. The van der Waals surface area contributed by atoms with Crippen LogP contribution < -0.4 is 4.74 Å². The van der Waals surface area contributed by atoms with Crippen LogP contribution in [0.2, 0.25) is 0 Å². The molecule has 0 aliphatic heterocycles. The van der Waals surface area contributed by atoms with Gasteiger partial charge in [0.1, 0.15) is 25.5 Å². The highest BCUT2D eigenvalue weighted by atomic mass is 16.6. The van der Waals surface area contributed by atoms with Crippen molar-refractivity contribution >= 4 is 5.97 Å². The van der Waals surface area contributed by atoms with E-state index >= 15 is 0 Å². The van der Waals surface area contributed by atoms with E-state index in [2.05, 4.69) is 63.5 Å². The first-order valence-electron chi connectivity index (χ1n) is 13.2. The Morgan fingerprint density at radius 3 is 2.32 bits per heavy atom. The predicted molar refractivity (Wildman–Crippen MR) is 141 cm³/mol. The zero-order valence-electron chi connectivity index (χ0n) is 21.8. The van der Waals surface area contributed by atoms with Gasteiger partial charge in [0.25, 0.3) is 0 Å². The van der Waals surface area contributed by atoms with E-state index in [0.717, 1.165) is 42.6 Å². The van der Waals surface area contributed by atoms with Crippen LogP contribution in [0.5, 0.6) is 5.75 Å². The van der Waals surface area contributed by atoms with Gasteiger partial charge in [0.2, 0.25) is 0 Å². The van der Waals surface area contributed by atoms with Crippen LogP contribution in [-0.2, 0) is 22.5 Å². The van der Waals surface area contributed by atoms with Gasteiger partial charge in [0.05, 0.1) is 20.6 Å². The minimum absolute atomic E-state index is 0.131. The van der Waals surface area contributed by atoms with E-state index in [1.165, 1.54) is 49.7 Å². The van der Waals surface area contributed by atoms with Gasteiger partial charge in [-0.2, -0.15) is 0 Å². The lowest BCUT2D eigenvalue weighted by Gasteiger charge is -2.30. The lowest BCUT2D eigenvalue weighted by molar-refractivity contribution is -0.903. The molecule has 0 bridgehead atoms. The fourth-order valence-electron chi connectivity index (χ4n) is 4.25. The number of hydrogen-bond acceptors (Lipinski definition) is 3. The van der Waals surface area contributed by atoms with E-state index in [0.29, 0.717) is 19.6 Å². The monoisotopic (exact) mass is 468 g/mol. The highest BCUT2D eigenvalue weighted by Crippen LogP contribution is 2.16. The molecule has 0 aliphatic carbocycles. The standard InChI is InChI=1S/C30H46NO3/c1-4-5-6-7-8-10-16-27-19-15-20-29(25-27)33-23-24-34-30(32)21-13-14-22-31(2,3)26-28-17-11-9-12-18-28/h9,11-12,15,17-20,25H,4-8,10,13-14,16,21-24,26H2,1-3H3/q+1. The van der Waals surface area contributed by atoms with Gasteiger partial charge in [-0.25, -0.2) is 0 Å². The number of esters is 1. The molecule has 0 heterocycles. The van der Waals surface area contributed by atoms with Crippen molar-refractivity contribution in [1.29, 1.82) is 0 Å². The van der Waals surface area contributed by atoms with E-state index in [-0.39, 0.29) is 5.97 Å². The third-order valence-corrected chi connectivity index (χ3v) is 6.18. The van der Waals surface area contributed by atoms with Crippen LogP contribution in [0.25, 0.3) is 0 Å². The Labute approximate surface area is 207 Å². The number of ether oxygens (including phenoxy) is 2. The summed E-state index contributed by atoms with van der Waals surface area (Å²) in [4.78, 5) is 12.1. The smallest absolute Gasteiger partial charge is 0.305 e. The normalized spacial score (nSPS) is 11.4.